The van der Waals surface area contributed by atoms with Crippen molar-refractivity contribution >= 4 is 17.2 Å². The predicted octanol–water partition coefficient (Wildman–Crippen LogP) is 3.61. The normalized spacial score (nSPS) is 21.1. The van der Waals surface area contributed by atoms with E-state index < -0.39 is 0 Å². The first-order valence-electron chi connectivity index (χ1n) is 8.24. The fourth-order valence-corrected chi connectivity index (χ4v) is 4.15. The molecule has 0 spiro atoms. The Kier molecular flexibility index (Phi) is 5.00. The van der Waals surface area contributed by atoms with E-state index in [1.54, 1.807) is 18.5 Å². The van der Waals surface area contributed by atoms with Crippen LogP contribution in [0.5, 0.6) is 0 Å². The molecule has 1 aliphatic carbocycles. The molecule has 3 rings (SSSR count). The number of aryl methyl sites for hydroxylation is 1. The Labute approximate surface area is 140 Å². The third-order valence-electron chi connectivity index (χ3n) is 4.51. The van der Waals surface area contributed by atoms with Crippen LogP contribution >= 0.6 is 11.3 Å². The van der Waals surface area contributed by atoms with Crippen LogP contribution in [0.1, 0.15) is 54.4 Å². The van der Waals surface area contributed by atoms with Crippen LogP contribution in [0.4, 0.5) is 0 Å². The predicted molar refractivity (Wildman–Crippen MR) is 91.4 cm³/mol. The van der Waals surface area contributed by atoms with Crippen molar-refractivity contribution in [1.82, 2.24) is 20.3 Å². The lowest BCUT2D eigenvalue weighted by atomic mass is 9.83. The van der Waals surface area contributed by atoms with Crippen LogP contribution in [0.15, 0.2) is 18.5 Å². The molecule has 23 heavy (non-hydrogen) atoms. The van der Waals surface area contributed by atoms with E-state index in [0.29, 0.717) is 27.7 Å². The number of carbonyl (C=O) groups excluding carboxylic acids is 1. The Morgan fingerprint density at radius 1 is 1.30 bits per heavy atom. The standard InChI is InChI=1S/C17H22N4OS/c1-3-12-7-4-5-8-13(12)21-16(22)14-11(2)20-17(23-14)15-18-9-6-10-19-15/h6,9-10,12-13H,3-5,7-8H2,1-2H3,(H,21,22). The van der Waals surface area contributed by atoms with Crippen molar-refractivity contribution in [3.8, 4) is 10.8 Å². The van der Waals surface area contributed by atoms with Crippen molar-refractivity contribution in [3.05, 3.63) is 29.0 Å². The van der Waals surface area contributed by atoms with E-state index in [9.17, 15) is 4.79 Å². The van der Waals surface area contributed by atoms with Crippen LogP contribution in [0.25, 0.3) is 10.8 Å². The van der Waals surface area contributed by atoms with Gasteiger partial charge in [0.05, 0.1) is 5.69 Å². The van der Waals surface area contributed by atoms with E-state index in [4.69, 9.17) is 0 Å². The number of thiazole rings is 1. The van der Waals surface area contributed by atoms with Crippen LogP contribution in [0.2, 0.25) is 0 Å². The van der Waals surface area contributed by atoms with Gasteiger partial charge in [-0.1, -0.05) is 26.2 Å². The first kappa shape index (κ1) is 16.1. The molecule has 0 aromatic carbocycles. The van der Waals surface area contributed by atoms with Crippen molar-refractivity contribution in [1.29, 1.82) is 0 Å². The lowest BCUT2D eigenvalue weighted by Crippen LogP contribution is -2.41. The second kappa shape index (κ2) is 7.17. The van der Waals surface area contributed by atoms with Crippen LogP contribution in [0, 0.1) is 12.8 Å². The largest absolute Gasteiger partial charge is 0.348 e. The van der Waals surface area contributed by atoms with E-state index in [0.717, 1.165) is 18.5 Å². The minimum Gasteiger partial charge on any atom is -0.348 e. The van der Waals surface area contributed by atoms with Gasteiger partial charge in [-0.05, 0) is 31.7 Å². The molecular weight excluding hydrogens is 308 g/mol. The highest BCUT2D eigenvalue weighted by Gasteiger charge is 2.27. The van der Waals surface area contributed by atoms with E-state index in [-0.39, 0.29) is 5.91 Å². The summed E-state index contributed by atoms with van der Waals surface area (Å²) in [5.41, 5.74) is 0.749. The molecule has 2 aromatic heterocycles. The summed E-state index contributed by atoms with van der Waals surface area (Å²) in [6, 6.07) is 2.06. The molecule has 1 fully saturated rings. The number of aromatic nitrogens is 3. The molecule has 1 saturated carbocycles. The highest BCUT2D eigenvalue weighted by Crippen LogP contribution is 2.29. The fourth-order valence-electron chi connectivity index (χ4n) is 3.23. The van der Waals surface area contributed by atoms with Crippen molar-refractivity contribution in [3.63, 3.8) is 0 Å². The lowest BCUT2D eigenvalue weighted by molar-refractivity contribution is 0.0908. The number of rotatable bonds is 4. The van der Waals surface area contributed by atoms with E-state index in [2.05, 4.69) is 27.2 Å². The summed E-state index contributed by atoms with van der Waals surface area (Å²) in [6.45, 7) is 4.08. The maximum absolute atomic E-state index is 12.7. The summed E-state index contributed by atoms with van der Waals surface area (Å²) in [5.74, 6) is 1.16. The first-order valence-corrected chi connectivity index (χ1v) is 9.06. The minimum absolute atomic E-state index is 0.00692. The smallest absolute Gasteiger partial charge is 0.263 e. The molecule has 2 heterocycles. The van der Waals surface area contributed by atoms with Gasteiger partial charge in [-0.25, -0.2) is 15.0 Å². The van der Waals surface area contributed by atoms with Gasteiger partial charge in [-0.3, -0.25) is 4.79 Å². The number of amides is 1. The Balaban J connectivity index is 1.76. The maximum atomic E-state index is 12.7. The average Bonchev–Trinajstić information content (AvgIpc) is 2.98. The van der Waals surface area contributed by atoms with Gasteiger partial charge in [0, 0.05) is 18.4 Å². The summed E-state index contributed by atoms with van der Waals surface area (Å²) >= 11 is 1.37. The Morgan fingerprint density at radius 3 is 2.78 bits per heavy atom. The Bertz CT molecular complexity index is 670. The van der Waals surface area contributed by atoms with Crippen LogP contribution < -0.4 is 5.32 Å². The number of carbonyl (C=O) groups is 1. The SMILES string of the molecule is CCC1CCCCC1NC(=O)c1sc(-c2ncccn2)nc1C. The third-order valence-corrected chi connectivity index (χ3v) is 5.66. The van der Waals surface area contributed by atoms with Gasteiger partial charge in [0.25, 0.3) is 5.91 Å². The van der Waals surface area contributed by atoms with Crippen molar-refractivity contribution in [2.75, 3.05) is 0 Å². The molecule has 2 unspecified atom stereocenters. The Morgan fingerprint density at radius 2 is 2.04 bits per heavy atom. The Hall–Kier alpha value is -1.82. The zero-order valence-electron chi connectivity index (χ0n) is 13.6. The highest BCUT2D eigenvalue weighted by molar-refractivity contribution is 7.17. The second-order valence-corrected chi connectivity index (χ2v) is 7.04. The van der Waals surface area contributed by atoms with Crippen molar-refractivity contribution < 1.29 is 4.79 Å². The van der Waals surface area contributed by atoms with Crippen LogP contribution in [-0.4, -0.2) is 26.9 Å². The summed E-state index contributed by atoms with van der Waals surface area (Å²) in [4.78, 5) is 26.2. The zero-order chi connectivity index (χ0) is 16.2. The van der Waals surface area contributed by atoms with Gasteiger partial charge in [-0.15, -0.1) is 11.3 Å². The molecule has 5 nitrogen and oxygen atoms in total. The van der Waals surface area contributed by atoms with Gasteiger partial charge in [-0.2, -0.15) is 0 Å². The summed E-state index contributed by atoms with van der Waals surface area (Å²) < 4.78 is 0. The molecule has 2 aromatic rings. The molecule has 0 bridgehead atoms. The topological polar surface area (TPSA) is 67.8 Å². The molecule has 1 amide bonds. The van der Waals surface area contributed by atoms with Crippen molar-refractivity contribution in [2.45, 2.75) is 52.0 Å². The average molecular weight is 330 g/mol. The molecule has 1 aliphatic rings. The fraction of sp³-hybridized carbons (Fsp3) is 0.529. The van der Waals surface area contributed by atoms with E-state index in [1.165, 1.54) is 30.6 Å². The second-order valence-electron chi connectivity index (χ2n) is 6.04. The minimum atomic E-state index is -0.00692. The van der Waals surface area contributed by atoms with E-state index in [1.807, 2.05) is 6.92 Å². The highest BCUT2D eigenvalue weighted by atomic mass is 32.1. The van der Waals surface area contributed by atoms with Crippen LogP contribution in [-0.2, 0) is 0 Å². The zero-order valence-corrected chi connectivity index (χ0v) is 14.4. The number of hydrogen-bond acceptors (Lipinski definition) is 5. The number of nitrogens with zero attached hydrogens (tertiary/aromatic N) is 3. The van der Waals surface area contributed by atoms with Gasteiger partial charge < -0.3 is 5.32 Å². The third kappa shape index (κ3) is 3.58. The molecule has 6 heteroatoms. The van der Waals surface area contributed by atoms with Crippen LogP contribution in [0.3, 0.4) is 0 Å². The van der Waals surface area contributed by atoms with Crippen molar-refractivity contribution in [2.24, 2.45) is 5.92 Å². The lowest BCUT2D eigenvalue weighted by Gasteiger charge is -2.31. The molecule has 2 atom stereocenters. The van der Waals surface area contributed by atoms with E-state index >= 15 is 0 Å². The monoisotopic (exact) mass is 330 g/mol. The van der Waals surface area contributed by atoms with Gasteiger partial charge >= 0.3 is 0 Å². The molecular formula is C17H22N4OS. The summed E-state index contributed by atoms with van der Waals surface area (Å²) in [5, 5.41) is 3.93. The van der Waals surface area contributed by atoms with Gasteiger partial charge in [0.2, 0.25) is 0 Å². The molecule has 0 radical (unpaired) electrons. The number of nitrogens with one attached hydrogen (secondary N) is 1. The summed E-state index contributed by atoms with van der Waals surface area (Å²) in [6.07, 6.45) is 9.27. The summed E-state index contributed by atoms with van der Waals surface area (Å²) in [7, 11) is 0. The van der Waals surface area contributed by atoms with Gasteiger partial charge in [0.15, 0.2) is 10.8 Å². The molecule has 0 saturated heterocycles. The molecule has 1 N–H and O–H groups in total. The quantitative estimate of drug-likeness (QED) is 0.930. The maximum Gasteiger partial charge on any atom is 0.263 e. The molecule has 0 aliphatic heterocycles. The molecule has 122 valence electrons. The number of hydrogen-bond donors (Lipinski definition) is 1. The van der Waals surface area contributed by atoms with Gasteiger partial charge in [0.1, 0.15) is 4.88 Å². The first-order chi connectivity index (χ1) is 11.2.